The van der Waals surface area contributed by atoms with Gasteiger partial charge in [0.15, 0.2) is 0 Å². The van der Waals surface area contributed by atoms with Gasteiger partial charge in [0.05, 0.1) is 0 Å². The van der Waals surface area contributed by atoms with Crippen molar-refractivity contribution in [3.05, 3.63) is 54.1 Å². The summed E-state index contributed by atoms with van der Waals surface area (Å²) in [4.78, 5) is 13.9. The fourth-order valence-corrected chi connectivity index (χ4v) is 2.10. The second kappa shape index (κ2) is 5.48. The second-order valence-electron chi connectivity index (χ2n) is 4.11. The van der Waals surface area contributed by atoms with E-state index < -0.39 is 0 Å². The van der Waals surface area contributed by atoms with Gasteiger partial charge in [-0.25, -0.2) is 0 Å². The van der Waals surface area contributed by atoms with Crippen LogP contribution >= 0.6 is 0 Å². The van der Waals surface area contributed by atoms with Gasteiger partial charge in [-0.2, -0.15) is 0 Å². The fraction of sp³-hybridized carbons (Fsp3) is 0.267. The van der Waals surface area contributed by atoms with Crippen LogP contribution in [0.25, 0.3) is 0 Å². The van der Waals surface area contributed by atoms with Crippen molar-refractivity contribution >= 4 is 11.6 Å². The Bertz CT molecular complexity index is 460. The molecule has 2 nitrogen and oxygen atoms in total. The number of carbonyl (C=O) groups excluding carboxylic acids is 1. The lowest BCUT2D eigenvalue weighted by atomic mass is 10.0. The summed E-state index contributed by atoms with van der Waals surface area (Å²) in [5.74, 6) is 0.0650. The number of fused-ring (bicyclic) bond motifs is 1. The number of nitrogens with zero attached hydrogens (tertiary/aromatic N) is 1. The highest BCUT2D eigenvalue weighted by molar-refractivity contribution is 6.02. The van der Waals surface area contributed by atoms with Crippen molar-refractivity contribution < 1.29 is 4.79 Å². The molecule has 1 aromatic carbocycles. The zero-order valence-corrected chi connectivity index (χ0v) is 10.1. The number of hydrogen-bond donors (Lipinski definition) is 0. The zero-order chi connectivity index (χ0) is 12.1. The van der Waals surface area contributed by atoms with Crippen LogP contribution in [0.3, 0.4) is 0 Å². The summed E-state index contributed by atoms with van der Waals surface area (Å²) in [5, 5.41) is 0. The van der Waals surface area contributed by atoms with Gasteiger partial charge in [-0.15, -0.1) is 0 Å². The van der Waals surface area contributed by atoms with E-state index in [0.29, 0.717) is 0 Å². The molecule has 0 saturated heterocycles. The molecule has 1 amide bonds. The standard InChI is InChI=1S/C15H17NO/c1-2-3-4-11-15(17)16-12-7-9-13-8-5-6-10-14(13)16/h2-6,8,10-11H,7,9,12H2,1H3/b3-2+,11-4+. The molecule has 2 rings (SSSR count). The molecule has 0 aromatic heterocycles. The molecule has 0 atom stereocenters. The van der Waals surface area contributed by atoms with Crippen molar-refractivity contribution in [1.82, 2.24) is 0 Å². The van der Waals surface area contributed by atoms with Gasteiger partial charge in [0.2, 0.25) is 0 Å². The van der Waals surface area contributed by atoms with Crippen LogP contribution in [0, 0.1) is 0 Å². The Hall–Kier alpha value is -1.83. The number of anilines is 1. The molecular weight excluding hydrogens is 210 g/mol. The number of hydrogen-bond acceptors (Lipinski definition) is 1. The molecule has 0 radical (unpaired) electrons. The first-order chi connectivity index (χ1) is 8.33. The molecule has 0 unspecified atom stereocenters. The van der Waals surface area contributed by atoms with Gasteiger partial charge in [0, 0.05) is 18.3 Å². The Kier molecular flexibility index (Phi) is 3.76. The molecule has 0 N–H and O–H groups in total. The minimum absolute atomic E-state index is 0.0650. The number of rotatable bonds is 2. The van der Waals surface area contributed by atoms with Crippen molar-refractivity contribution in [2.75, 3.05) is 11.4 Å². The Morgan fingerprint density at radius 1 is 1.29 bits per heavy atom. The van der Waals surface area contributed by atoms with E-state index in [4.69, 9.17) is 0 Å². The molecule has 0 bridgehead atoms. The van der Waals surface area contributed by atoms with E-state index in [9.17, 15) is 4.79 Å². The number of allylic oxidation sites excluding steroid dienone is 3. The lowest BCUT2D eigenvalue weighted by Gasteiger charge is -2.28. The summed E-state index contributed by atoms with van der Waals surface area (Å²) >= 11 is 0. The summed E-state index contributed by atoms with van der Waals surface area (Å²) in [6.07, 6.45) is 9.31. The molecule has 88 valence electrons. The van der Waals surface area contributed by atoms with E-state index >= 15 is 0 Å². The number of aryl methyl sites for hydroxylation is 1. The molecule has 0 spiro atoms. The quantitative estimate of drug-likeness (QED) is 0.561. The van der Waals surface area contributed by atoms with Gasteiger partial charge < -0.3 is 4.90 Å². The molecule has 1 aliphatic rings. The lowest BCUT2D eigenvalue weighted by molar-refractivity contribution is -0.114. The molecular formula is C15H17NO. The average Bonchev–Trinajstić information content (AvgIpc) is 2.38. The third kappa shape index (κ3) is 2.64. The van der Waals surface area contributed by atoms with Crippen molar-refractivity contribution in [3.63, 3.8) is 0 Å². The van der Waals surface area contributed by atoms with Crippen molar-refractivity contribution in [3.8, 4) is 0 Å². The molecule has 1 heterocycles. The van der Waals surface area contributed by atoms with Gasteiger partial charge >= 0.3 is 0 Å². The van der Waals surface area contributed by atoms with E-state index in [1.807, 2.05) is 42.2 Å². The van der Waals surface area contributed by atoms with Crippen LogP contribution in [0.5, 0.6) is 0 Å². The zero-order valence-electron chi connectivity index (χ0n) is 10.1. The van der Waals surface area contributed by atoms with Crippen molar-refractivity contribution in [1.29, 1.82) is 0 Å². The van der Waals surface area contributed by atoms with Crippen LogP contribution in [-0.2, 0) is 11.2 Å². The highest BCUT2D eigenvalue weighted by Gasteiger charge is 2.19. The predicted molar refractivity (Wildman–Crippen MR) is 71.1 cm³/mol. The third-order valence-corrected chi connectivity index (χ3v) is 2.92. The molecule has 0 aliphatic carbocycles. The smallest absolute Gasteiger partial charge is 0.250 e. The maximum atomic E-state index is 12.0. The molecule has 1 aliphatic heterocycles. The topological polar surface area (TPSA) is 20.3 Å². The Morgan fingerprint density at radius 3 is 2.94 bits per heavy atom. The first kappa shape index (κ1) is 11.6. The SMILES string of the molecule is C/C=C/C=C/C(=O)N1CCCc2ccccc21. The van der Waals surface area contributed by atoms with E-state index in [1.54, 1.807) is 12.2 Å². The number of amides is 1. The Morgan fingerprint density at radius 2 is 2.12 bits per heavy atom. The van der Waals surface area contributed by atoms with Crippen LogP contribution in [-0.4, -0.2) is 12.5 Å². The number of para-hydroxylation sites is 1. The minimum atomic E-state index is 0.0650. The Balaban J connectivity index is 2.21. The van der Waals surface area contributed by atoms with E-state index in [0.717, 1.165) is 25.1 Å². The molecule has 1 aromatic rings. The van der Waals surface area contributed by atoms with E-state index in [1.165, 1.54) is 5.56 Å². The number of benzene rings is 1. The van der Waals surface area contributed by atoms with Crippen molar-refractivity contribution in [2.24, 2.45) is 0 Å². The molecule has 17 heavy (non-hydrogen) atoms. The summed E-state index contributed by atoms with van der Waals surface area (Å²) in [5.41, 5.74) is 2.33. The monoisotopic (exact) mass is 227 g/mol. The summed E-state index contributed by atoms with van der Waals surface area (Å²) in [6.45, 7) is 2.75. The van der Waals surface area contributed by atoms with Gasteiger partial charge in [0.1, 0.15) is 0 Å². The van der Waals surface area contributed by atoms with Gasteiger partial charge in [-0.05, 0) is 31.4 Å². The van der Waals surface area contributed by atoms with E-state index in [-0.39, 0.29) is 5.91 Å². The average molecular weight is 227 g/mol. The maximum absolute atomic E-state index is 12.0. The van der Waals surface area contributed by atoms with Crippen LogP contribution in [0.1, 0.15) is 18.9 Å². The normalized spacial score (nSPS) is 15.5. The predicted octanol–water partition coefficient (Wildman–Crippen LogP) is 3.10. The highest BCUT2D eigenvalue weighted by Crippen LogP contribution is 2.26. The molecule has 2 heteroatoms. The van der Waals surface area contributed by atoms with Crippen molar-refractivity contribution in [2.45, 2.75) is 19.8 Å². The lowest BCUT2D eigenvalue weighted by Crippen LogP contribution is -2.34. The third-order valence-electron chi connectivity index (χ3n) is 2.92. The van der Waals surface area contributed by atoms with Gasteiger partial charge in [-0.1, -0.05) is 36.4 Å². The maximum Gasteiger partial charge on any atom is 0.250 e. The number of carbonyl (C=O) groups is 1. The summed E-state index contributed by atoms with van der Waals surface area (Å²) < 4.78 is 0. The fourth-order valence-electron chi connectivity index (χ4n) is 2.10. The second-order valence-corrected chi connectivity index (χ2v) is 4.11. The van der Waals surface area contributed by atoms with Crippen LogP contribution < -0.4 is 4.90 Å². The first-order valence-electron chi connectivity index (χ1n) is 6.01. The summed E-state index contributed by atoms with van der Waals surface area (Å²) in [7, 11) is 0. The van der Waals surface area contributed by atoms with E-state index in [2.05, 4.69) is 6.07 Å². The van der Waals surface area contributed by atoms with Crippen LogP contribution in [0.15, 0.2) is 48.6 Å². The highest BCUT2D eigenvalue weighted by atomic mass is 16.2. The van der Waals surface area contributed by atoms with Gasteiger partial charge in [0.25, 0.3) is 5.91 Å². The van der Waals surface area contributed by atoms with Crippen LogP contribution in [0.4, 0.5) is 5.69 Å². The van der Waals surface area contributed by atoms with Crippen LogP contribution in [0.2, 0.25) is 0 Å². The molecule has 0 saturated carbocycles. The summed E-state index contributed by atoms with van der Waals surface area (Å²) in [6, 6.07) is 8.14. The largest absolute Gasteiger partial charge is 0.309 e. The first-order valence-corrected chi connectivity index (χ1v) is 6.01. The molecule has 0 fully saturated rings. The van der Waals surface area contributed by atoms with Gasteiger partial charge in [-0.3, -0.25) is 4.79 Å². The Labute approximate surface area is 102 Å². The minimum Gasteiger partial charge on any atom is -0.309 e.